The molecule has 1 N–H and O–H groups in total. The second kappa shape index (κ2) is 10.6. The number of hydrogen-bond donors (Lipinski definition) is 1. The molecule has 120 valence electrons. The molecule has 3 nitrogen and oxygen atoms in total. The van der Waals surface area contributed by atoms with E-state index in [1.807, 2.05) is 0 Å². The lowest BCUT2D eigenvalue weighted by Gasteiger charge is -2.36. The smallest absolute Gasteiger partial charge is 0.0940 e. The first-order chi connectivity index (χ1) is 9.64. The number of unbranched alkanes of at least 4 members (excludes halogenated alkanes) is 7. The van der Waals surface area contributed by atoms with Gasteiger partial charge < -0.3 is 14.8 Å². The summed E-state index contributed by atoms with van der Waals surface area (Å²) >= 11 is 0. The lowest BCUT2D eigenvalue weighted by atomic mass is 10.1. The van der Waals surface area contributed by atoms with Gasteiger partial charge in [0.05, 0.1) is 18.3 Å². The largest absolute Gasteiger partial charge is 0.379 e. The number of rotatable bonds is 11. The summed E-state index contributed by atoms with van der Waals surface area (Å²) in [4.78, 5) is 0. The molecule has 1 rings (SSSR count). The lowest BCUT2D eigenvalue weighted by molar-refractivity contribution is -0.120. The first-order valence-corrected chi connectivity index (χ1v) is 8.60. The number of hydrogen-bond acceptors (Lipinski definition) is 3. The first-order valence-electron chi connectivity index (χ1n) is 8.60. The highest BCUT2D eigenvalue weighted by molar-refractivity contribution is 4.81. The van der Waals surface area contributed by atoms with Gasteiger partial charge in [0, 0.05) is 19.7 Å². The molecule has 1 aliphatic rings. The minimum absolute atomic E-state index is 0.0508. The summed E-state index contributed by atoms with van der Waals surface area (Å²) in [5, 5.41) is 3.41. The van der Waals surface area contributed by atoms with Crippen molar-refractivity contribution in [3.05, 3.63) is 0 Å². The molecule has 1 atom stereocenters. The van der Waals surface area contributed by atoms with Crippen LogP contribution in [0.4, 0.5) is 0 Å². The van der Waals surface area contributed by atoms with E-state index in [-0.39, 0.29) is 11.7 Å². The van der Waals surface area contributed by atoms with Crippen LogP contribution in [-0.4, -0.2) is 38.0 Å². The molecule has 1 fully saturated rings. The molecule has 0 aromatic carbocycles. The maximum Gasteiger partial charge on any atom is 0.0940 e. The Morgan fingerprint density at radius 2 is 1.70 bits per heavy atom. The predicted molar refractivity (Wildman–Crippen MR) is 85.3 cm³/mol. The Kier molecular flexibility index (Phi) is 9.49. The molecule has 3 heteroatoms. The van der Waals surface area contributed by atoms with Crippen LogP contribution >= 0.6 is 0 Å². The topological polar surface area (TPSA) is 30.5 Å². The van der Waals surface area contributed by atoms with Gasteiger partial charge in [0.1, 0.15) is 0 Å². The Morgan fingerprint density at radius 1 is 1.05 bits per heavy atom. The summed E-state index contributed by atoms with van der Waals surface area (Å²) in [6.07, 6.45) is 11.0. The van der Waals surface area contributed by atoms with Gasteiger partial charge in [-0.15, -0.1) is 0 Å². The average molecular weight is 285 g/mol. The highest BCUT2D eigenvalue weighted by Crippen LogP contribution is 2.15. The van der Waals surface area contributed by atoms with Crippen LogP contribution in [0.15, 0.2) is 0 Å². The van der Waals surface area contributed by atoms with E-state index in [2.05, 4.69) is 26.1 Å². The van der Waals surface area contributed by atoms with Crippen LogP contribution in [0.5, 0.6) is 0 Å². The molecular formula is C17H35NO2. The van der Waals surface area contributed by atoms with Crippen molar-refractivity contribution in [1.82, 2.24) is 5.32 Å². The van der Waals surface area contributed by atoms with Crippen LogP contribution in [0.2, 0.25) is 0 Å². The van der Waals surface area contributed by atoms with E-state index in [1.165, 1.54) is 51.4 Å². The van der Waals surface area contributed by atoms with Crippen molar-refractivity contribution in [2.24, 2.45) is 0 Å². The van der Waals surface area contributed by atoms with Gasteiger partial charge in [-0.05, 0) is 20.3 Å². The minimum Gasteiger partial charge on any atom is -0.379 e. The summed E-state index contributed by atoms with van der Waals surface area (Å²) in [6.45, 7) is 9.99. The van der Waals surface area contributed by atoms with E-state index in [4.69, 9.17) is 9.47 Å². The molecular weight excluding hydrogens is 250 g/mol. The highest BCUT2D eigenvalue weighted by atomic mass is 16.5. The van der Waals surface area contributed by atoms with E-state index in [9.17, 15) is 0 Å². The first kappa shape index (κ1) is 17.9. The van der Waals surface area contributed by atoms with E-state index in [1.54, 1.807) is 0 Å². The normalized spacial score (nSPS) is 22.1. The standard InChI is InChI=1S/C17H35NO2/c1-4-5-6-7-8-9-10-11-12-19-14-16-13-18-15-17(2,3)20-16/h16,18H,4-15H2,1-3H3. The predicted octanol–water partition coefficient (Wildman–Crippen LogP) is 3.91. The molecule has 0 bridgehead atoms. The average Bonchev–Trinajstić information content (AvgIpc) is 2.40. The zero-order valence-corrected chi connectivity index (χ0v) is 13.9. The van der Waals surface area contributed by atoms with E-state index in [0.29, 0.717) is 0 Å². The molecule has 0 amide bonds. The van der Waals surface area contributed by atoms with Crippen molar-refractivity contribution >= 4 is 0 Å². The molecule has 1 unspecified atom stereocenters. The monoisotopic (exact) mass is 285 g/mol. The summed E-state index contributed by atoms with van der Waals surface area (Å²) in [7, 11) is 0. The maximum atomic E-state index is 5.97. The third-order valence-electron chi connectivity index (χ3n) is 3.85. The van der Waals surface area contributed by atoms with Crippen LogP contribution in [0, 0.1) is 0 Å². The fourth-order valence-electron chi connectivity index (χ4n) is 2.71. The molecule has 0 radical (unpaired) electrons. The third kappa shape index (κ3) is 8.93. The Bertz CT molecular complexity index is 231. The second-order valence-corrected chi connectivity index (χ2v) is 6.68. The zero-order chi connectivity index (χ0) is 14.7. The highest BCUT2D eigenvalue weighted by Gasteiger charge is 2.28. The van der Waals surface area contributed by atoms with Crippen molar-refractivity contribution in [2.45, 2.75) is 83.8 Å². The summed E-state index contributed by atoms with van der Waals surface area (Å²) in [5.41, 5.74) is -0.0508. The minimum atomic E-state index is -0.0508. The summed E-state index contributed by atoms with van der Waals surface area (Å²) < 4.78 is 11.7. The number of ether oxygens (including phenoxy) is 2. The van der Waals surface area contributed by atoms with Crippen LogP contribution < -0.4 is 5.32 Å². The van der Waals surface area contributed by atoms with Gasteiger partial charge in [-0.3, -0.25) is 0 Å². The van der Waals surface area contributed by atoms with Crippen LogP contribution in [0.1, 0.15) is 72.1 Å². The van der Waals surface area contributed by atoms with Gasteiger partial charge in [0.15, 0.2) is 0 Å². The molecule has 0 aromatic heterocycles. The molecule has 0 aromatic rings. The second-order valence-electron chi connectivity index (χ2n) is 6.68. The molecule has 0 aliphatic carbocycles. The summed E-state index contributed by atoms with van der Waals surface area (Å²) in [5.74, 6) is 0. The fraction of sp³-hybridized carbons (Fsp3) is 1.00. The van der Waals surface area contributed by atoms with Gasteiger partial charge >= 0.3 is 0 Å². The van der Waals surface area contributed by atoms with Gasteiger partial charge in [0.25, 0.3) is 0 Å². The van der Waals surface area contributed by atoms with E-state index < -0.39 is 0 Å². The fourth-order valence-corrected chi connectivity index (χ4v) is 2.71. The van der Waals surface area contributed by atoms with Gasteiger partial charge in [0.2, 0.25) is 0 Å². The lowest BCUT2D eigenvalue weighted by Crippen LogP contribution is -2.51. The summed E-state index contributed by atoms with van der Waals surface area (Å²) in [6, 6.07) is 0. The Hall–Kier alpha value is -0.120. The van der Waals surface area contributed by atoms with Crippen molar-refractivity contribution in [2.75, 3.05) is 26.3 Å². The van der Waals surface area contributed by atoms with Crippen molar-refractivity contribution in [1.29, 1.82) is 0 Å². The molecule has 20 heavy (non-hydrogen) atoms. The van der Waals surface area contributed by atoms with Crippen molar-refractivity contribution in [3.8, 4) is 0 Å². The molecule has 0 saturated carbocycles. The third-order valence-corrected chi connectivity index (χ3v) is 3.85. The van der Waals surface area contributed by atoms with Gasteiger partial charge in [-0.25, -0.2) is 0 Å². The Balaban J connectivity index is 1.85. The maximum absolute atomic E-state index is 5.97. The van der Waals surface area contributed by atoms with Crippen molar-refractivity contribution in [3.63, 3.8) is 0 Å². The molecule has 1 saturated heterocycles. The number of morpholine rings is 1. The molecule has 1 aliphatic heterocycles. The Labute approximate surface area is 125 Å². The molecule has 0 spiro atoms. The number of nitrogens with one attached hydrogen (secondary N) is 1. The van der Waals surface area contributed by atoms with Crippen LogP contribution in [0.25, 0.3) is 0 Å². The Morgan fingerprint density at radius 3 is 2.35 bits per heavy atom. The molecule has 1 heterocycles. The zero-order valence-electron chi connectivity index (χ0n) is 13.9. The van der Waals surface area contributed by atoms with E-state index >= 15 is 0 Å². The van der Waals surface area contributed by atoms with E-state index in [0.717, 1.165) is 26.3 Å². The SMILES string of the molecule is CCCCCCCCCCOCC1CNCC(C)(C)O1. The van der Waals surface area contributed by atoms with Gasteiger partial charge in [-0.2, -0.15) is 0 Å². The van der Waals surface area contributed by atoms with Gasteiger partial charge in [-0.1, -0.05) is 51.9 Å². The van der Waals surface area contributed by atoms with Crippen LogP contribution in [-0.2, 0) is 9.47 Å². The van der Waals surface area contributed by atoms with Crippen LogP contribution in [0.3, 0.4) is 0 Å². The quantitative estimate of drug-likeness (QED) is 0.584. The van der Waals surface area contributed by atoms with Crippen molar-refractivity contribution < 1.29 is 9.47 Å².